The van der Waals surface area contributed by atoms with Gasteiger partial charge in [-0.15, -0.1) is 0 Å². The Labute approximate surface area is 337 Å². The van der Waals surface area contributed by atoms with Crippen LogP contribution in [0.5, 0.6) is 12.0 Å². The Morgan fingerprint density at radius 2 is 0.833 bits per heavy atom. The van der Waals surface area contributed by atoms with Gasteiger partial charge < -0.3 is 20.8 Å². The number of hydrogen-bond acceptors (Lipinski definition) is 18. The van der Waals surface area contributed by atoms with Gasteiger partial charge in [-0.05, 0) is 83.9 Å². The molecule has 2 aromatic heterocycles. The number of rotatable bonds is 12. The third-order valence-electron chi connectivity index (χ3n) is 7.57. The minimum absolute atomic E-state index is 0.122. The highest BCUT2D eigenvalue weighted by Gasteiger charge is 2.18. The summed E-state index contributed by atoms with van der Waals surface area (Å²) in [7, 11) is -18.9. The van der Waals surface area contributed by atoms with E-state index < -0.39 is 62.3 Å². The Morgan fingerprint density at radius 3 is 1.15 bits per heavy atom. The lowest BCUT2D eigenvalue weighted by molar-refractivity contribution is 0.425. The van der Waals surface area contributed by atoms with Gasteiger partial charge in [0.2, 0.25) is 23.1 Å². The number of nitrogens with one attached hydrogen (secondary N) is 4. The predicted molar refractivity (Wildman–Crippen MR) is 207 cm³/mol. The maximum atomic E-state index is 12.4. The monoisotopic (exact) mass is 902 g/mol. The van der Waals surface area contributed by atoms with Gasteiger partial charge in [0.15, 0.2) is 0 Å². The summed E-state index contributed by atoms with van der Waals surface area (Å²) in [4.78, 5) is 26.3. The molecule has 0 aliphatic carbocycles. The number of H-pyrrole nitrogens is 2. The first-order valence-corrected chi connectivity index (χ1v) is 21.8. The molecule has 24 nitrogen and oxygen atoms in total. The number of hydrogen-bond donors (Lipinski definition) is 10. The lowest BCUT2D eigenvalue weighted by Gasteiger charge is -2.07. The lowest BCUT2D eigenvalue weighted by Crippen LogP contribution is -2.15. The van der Waals surface area contributed by atoms with E-state index in [-0.39, 0.29) is 66.8 Å². The fraction of sp³-hybridized carbons (Fsp3) is 0. The van der Waals surface area contributed by atoms with Crippen LogP contribution in [0.25, 0.3) is 12.2 Å². The van der Waals surface area contributed by atoms with E-state index in [2.05, 4.69) is 50.5 Å². The molecule has 0 saturated heterocycles. The summed E-state index contributed by atoms with van der Waals surface area (Å²) in [6, 6.07) is 14.9. The van der Waals surface area contributed by atoms with Crippen molar-refractivity contribution in [2.24, 2.45) is 9.98 Å². The normalized spacial score (nSPS) is 13.1. The molecule has 0 bridgehead atoms. The second-order valence-corrected chi connectivity index (χ2v) is 17.5. The zero-order valence-electron chi connectivity index (χ0n) is 29.5. The summed E-state index contributed by atoms with van der Waals surface area (Å²) >= 11 is 0. The molecular weight excluding hydrogens is 877 g/mol. The fourth-order valence-electron chi connectivity index (χ4n) is 4.99. The SMILES string of the molecule is O=S(=O)(O)c1ccc(Nc2nc(O)[nH]c(=Nc3ccc(/C=C/c4ccc(N=c5nc(Nc6ccc(S(=O)(=O)O)cc6)nc(O)[nH]5)cc4S(=O)(=O)O)c(S(=O)(=O)O)c3)n2)cc1. The highest BCUT2D eigenvalue weighted by atomic mass is 32.2. The molecule has 0 atom stereocenters. The van der Waals surface area contributed by atoms with Crippen molar-refractivity contribution in [2.45, 2.75) is 19.6 Å². The van der Waals surface area contributed by atoms with E-state index in [0.29, 0.717) is 0 Å². The van der Waals surface area contributed by atoms with E-state index in [1.165, 1.54) is 48.5 Å². The number of aromatic nitrogens is 6. The molecule has 0 saturated carbocycles. The number of benzene rings is 4. The van der Waals surface area contributed by atoms with Gasteiger partial charge in [0.05, 0.1) is 21.2 Å². The van der Waals surface area contributed by atoms with E-state index in [4.69, 9.17) is 9.11 Å². The summed E-state index contributed by atoms with van der Waals surface area (Å²) in [6.45, 7) is 0. The van der Waals surface area contributed by atoms with Gasteiger partial charge in [-0.3, -0.25) is 28.2 Å². The van der Waals surface area contributed by atoms with Crippen molar-refractivity contribution in [1.82, 2.24) is 29.9 Å². The van der Waals surface area contributed by atoms with Crippen LogP contribution in [0, 0.1) is 0 Å². The molecular formula is C32H26N10O14S4. The van der Waals surface area contributed by atoms with Gasteiger partial charge in [0.25, 0.3) is 52.5 Å². The summed E-state index contributed by atoms with van der Waals surface area (Å²) in [5, 5.41) is 25.6. The summed E-state index contributed by atoms with van der Waals surface area (Å²) in [5.74, 6) is -0.487. The maximum absolute atomic E-state index is 12.4. The molecule has 0 aliphatic rings. The van der Waals surface area contributed by atoms with Crippen LogP contribution >= 0.6 is 0 Å². The lowest BCUT2D eigenvalue weighted by atomic mass is 10.1. The zero-order valence-corrected chi connectivity index (χ0v) is 32.8. The molecule has 0 radical (unpaired) electrons. The topological polar surface area (TPSA) is 390 Å². The molecule has 0 amide bonds. The Kier molecular flexibility index (Phi) is 11.7. The molecule has 0 aliphatic heterocycles. The van der Waals surface area contributed by atoms with Crippen molar-refractivity contribution < 1.29 is 62.1 Å². The van der Waals surface area contributed by atoms with E-state index in [0.717, 1.165) is 48.6 Å². The van der Waals surface area contributed by atoms with Crippen molar-refractivity contribution in [3.8, 4) is 12.0 Å². The highest BCUT2D eigenvalue weighted by molar-refractivity contribution is 7.86. The molecule has 0 spiro atoms. The van der Waals surface area contributed by atoms with Crippen LogP contribution in [-0.2, 0) is 40.5 Å². The van der Waals surface area contributed by atoms with Gasteiger partial charge in [0.1, 0.15) is 9.79 Å². The van der Waals surface area contributed by atoms with Crippen LogP contribution < -0.4 is 21.9 Å². The molecule has 10 N–H and O–H groups in total. The Bertz CT molecular complexity index is 3070. The first-order chi connectivity index (χ1) is 28.0. The smallest absolute Gasteiger partial charge is 0.297 e. The van der Waals surface area contributed by atoms with Gasteiger partial charge in [-0.25, -0.2) is 9.98 Å². The van der Waals surface area contributed by atoms with Gasteiger partial charge >= 0.3 is 0 Å². The zero-order chi connectivity index (χ0) is 43.6. The van der Waals surface area contributed by atoms with Crippen molar-refractivity contribution in [3.63, 3.8) is 0 Å². The molecule has 2 heterocycles. The summed E-state index contributed by atoms with van der Waals surface area (Å²) in [6.07, 6.45) is 2.23. The Morgan fingerprint density at radius 1 is 0.483 bits per heavy atom. The van der Waals surface area contributed by atoms with Crippen molar-refractivity contribution >= 4 is 87.3 Å². The Balaban J connectivity index is 1.28. The van der Waals surface area contributed by atoms with Crippen molar-refractivity contribution in [3.05, 3.63) is 107 Å². The van der Waals surface area contributed by atoms with Gasteiger partial charge in [0, 0.05) is 11.4 Å². The highest BCUT2D eigenvalue weighted by Crippen LogP contribution is 2.28. The average Bonchev–Trinajstić information content (AvgIpc) is 3.13. The van der Waals surface area contributed by atoms with E-state index in [9.17, 15) is 53.0 Å². The molecule has 6 aromatic rings. The summed E-state index contributed by atoms with van der Waals surface area (Å²) in [5.41, 5.74) is -0.739. The molecule has 4 aromatic carbocycles. The van der Waals surface area contributed by atoms with Gasteiger partial charge in [-0.2, -0.15) is 53.6 Å². The van der Waals surface area contributed by atoms with Crippen LogP contribution in [0.4, 0.5) is 34.6 Å². The fourth-order valence-corrected chi connectivity index (χ4v) is 7.36. The van der Waals surface area contributed by atoms with Crippen LogP contribution in [0.15, 0.2) is 114 Å². The minimum atomic E-state index is -4.97. The third kappa shape index (κ3) is 11.0. The first kappa shape index (κ1) is 42.7. The molecule has 28 heteroatoms. The third-order valence-corrected chi connectivity index (χ3v) is 11.1. The van der Waals surface area contributed by atoms with Crippen molar-refractivity contribution in [1.29, 1.82) is 0 Å². The van der Waals surface area contributed by atoms with Crippen LogP contribution in [-0.4, -0.2) is 92.0 Å². The van der Waals surface area contributed by atoms with E-state index in [1.54, 1.807) is 0 Å². The average molecular weight is 903 g/mol. The van der Waals surface area contributed by atoms with Crippen molar-refractivity contribution in [2.75, 3.05) is 10.6 Å². The number of anilines is 4. The van der Waals surface area contributed by atoms with E-state index in [1.807, 2.05) is 0 Å². The maximum Gasteiger partial charge on any atom is 0.297 e. The van der Waals surface area contributed by atoms with Crippen LogP contribution in [0.1, 0.15) is 11.1 Å². The van der Waals surface area contributed by atoms with Gasteiger partial charge in [-0.1, -0.05) is 24.3 Å². The molecule has 0 fully saturated rings. The summed E-state index contributed by atoms with van der Waals surface area (Å²) < 4.78 is 133. The molecule has 0 unspecified atom stereocenters. The van der Waals surface area contributed by atoms with E-state index >= 15 is 0 Å². The number of aromatic amines is 2. The molecule has 60 heavy (non-hydrogen) atoms. The minimum Gasteiger partial charge on any atom is -0.480 e. The first-order valence-electron chi connectivity index (χ1n) is 16.0. The number of nitrogens with zero attached hydrogens (tertiary/aromatic N) is 6. The predicted octanol–water partition coefficient (Wildman–Crippen LogP) is 2.44. The number of aromatic hydroxyl groups is 2. The standard InChI is InChI=1S/C32H26N10O14S4/c43-31-39-27(33-19-7-11-23(12-8-19)57(45,46)47)37-29(41-31)35-21-5-3-17(25(15-21)59(51,52)53)1-2-18-4-6-22(16-26(18)60(54,55)56)36-30-38-28(40-32(44)42-30)34-20-9-13-24(14-10-20)58(48,49)50/h1-16H,(H,45,46,47)(H,48,49,50)(H,51,52,53)(H,54,55,56)(H3,33,35,37,39,41,43)(H3,34,36,38,40,42,44)/b2-1+. The second kappa shape index (κ2) is 16.4. The van der Waals surface area contributed by atoms with Crippen LogP contribution in [0.3, 0.4) is 0 Å². The largest absolute Gasteiger partial charge is 0.480 e. The van der Waals surface area contributed by atoms with Crippen LogP contribution in [0.2, 0.25) is 0 Å². The quantitative estimate of drug-likeness (QED) is 0.0622. The molecule has 312 valence electrons. The Hall–Kier alpha value is -6.92. The molecule has 6 rings (SSSR count). The second-order valence-electron chi connectivity index (χ2n) is 11.8.